The zero-order valence-corrected chi connectivity index (χ0v) is 18.5. The molecule has 0 aliphatic carbocycles. The number of unbranched alkanes of at least 4 members (excludes halogenated alkanes) is 2. The molecule has 1 heterocycles. The Balaban J connectivity index is 1.26. The summed E-state index contributed by atoms with van der Waals surface area (Å²) in [6, 6.07) is 27.5. The molecule has 160 valence electrons. The summed E-state index contributed by atoms with van der Waals surface area (Å²) in [4.78, 5) is 17.1. The molecule has 0 saturated carbocycles. The van der Waals surface area contributed by atoms with Gasteiger partial charge in [-0.1, -0.05) is 80.1 Å². The predicted molar refractivity (Wildman–Crippen MR) is 129 cm³/mol. The van der Waals surface area contributed by atoms with Crippen LogP contribution < -0.4 is 4.90 Å². The van der Waals surface area contributed by atoms with Crippen LogP contribution in [0.2, 0.25) is 0 Å². The van der Waals surface area contributed by atoms with Gasteiger partial charge in [-0.2, -0.15) is 0 Å². The molecule has 31 heavy (non-hydrogen) atoms. The van der Waals surface area contributed by atoms with Crippen LogP contribution >= 0.6 is 0 Å². The smallest absolute Gasteiger partial charge is 0.231 e. The first-order valence-corrected chi connectivity index (χ1v) is 11.5. The molecule has 0 fully saturated rings. The lowest BCUT2D eigenvalue weighted by Gasteiger charge is -2.21. The number of carbonyl (C=O) groups excluding carboxylic acids is 1. The van der Waals surface area contributed by atoms with Crippen LogP contribution in [0, 0.1) is 0 Å². The summed E-state index contributed by atoms with van der Waals surface area (Å²) in [6.07, 6.45) is 3.89. The van der Waals surface area contributed by atoms with Gasteiger partial charge in [0.25, 0.3) is 0 Å². The van der Waals surface area contributed by atoms with E-state index >= 15 is 0 Å². The predicted octanol–water partition coefficient (Wildman–Crippen LogP) is 5.94. The van der Waals surface area contributed by atoms with Crippen LogP contribution in [0.4, 0.5) is 5.69 Å². The third kappa shape index (κ3) is 5.42. The fraction of sp³-hybridized carbons (Fsp3) is 0.321. The number of anilines is 1. The molecular weight excluding hydrogens is 380 g/mol. The van der Waals surface area contributed by atoms with E-state index in [2.05, 4.69) is 84.6 Å². The van der Waals surface area contributed by atoms with Crippen LogP contribution in [-0.2, 0) is 17.8 Å². The fourth-order valence-corrected chi connectivity index (χ4v) is 4.41. The fourth-order valence-electron chi connectivity index (χ4n) is 4.41. The number of hydrogen-bond acceptors (Lipinski definition) is 2. The first-order chi connectivity index (χ1) is 15.2. The summed E-state index contributed by atoms with van der Waals surface area (Å²) in [5.41, 5.74) is 6.02. The SMILES string of the molecule is CCN(CCCCCN1C(=O)Cc2cc(-c3ccccc3)ccc21)Cc1ccccc1. The zero-order valence-electron chi connectivity index (χ0n) is 18.5. The van der Waals surface area contributed by atoms with Crippen LogP contribution in [0.3, 0.4) is 0 Å². The third-order valence-corrected chi connectivity index (χ3v) is 6.17. The van der Waals surface area contributed by atoms with Crippen LogP contribution in [0.5, 0.6) is 0 Å². The maximum atomic E-state index is 12.6. The Kier molecular flexibility index (Phi) is 7.16. The average molecular weight is 413 g/mol. The summed E-state index contributed by atoms with van der Waals surface area (Å²) in [5, 5.41) is 0. The number of fused-ring (bicyclic) bond motifs is 1. The maximum Gasteiger partial charge on any atom is 0.231 e. The second-order valence-electron chi connectivity index (χ2n) is 8.35. The van der Waals surface area contributed by atoms with Crippen LogP contribution in [0.15, 0.2) is 78.9 Å². The van der Waals surface area contributed by atoms with E-state index < -0.39 is 0 Å². The molecule has 0 radical (unpaired) electrons. The van der Waals surface area contributed by atoms with Crippen LogP contribution in [0.25, 0.3) is 11.1 Å². The standard InChI is InChI=1S/C28H32N2O/c1-2-29(22-23-12-6-3-7-13-23)18-10-5-11-19-30-27-17-16-25(20-26(27)21-28(30)31)24-14-8-4-9-15-24/h3-4,6-9,12-17,20H,2,5,10-11,18-19,21-22H2,1H3. The van der Waals surface area contributed by atoms with Gasteiger partial charge in [-0.05, 0) is 60.3 Å². The van der Waals surface area contributed by atoms with E-state index in [-0.39, 0.29) is 5.91 Å². The number of amides is 1. The summed E-state index contributed by atoms with van der Waals surface area (Å²) in [5.74, 6) is 0.236. The Morgan fingerprint density at radius 1 is 0.839 bits per heavy atom. The number of carbonyl (C=O) groups is 1. The van der Waals surface area contributed by atoms with Crippen LogP contribution in [0.1, 0.15) is 37.3 Å². The lowest BCUT2D eigenvalue weighted by Crippen LogP contribution is -2.28. The van der Waals surface area contributed by atoms with Gasteiger partial charge in [0.1, 0.15) is 0 Å². The van der Waals surface area contributed by atoms with Crippen molar-refractivity contribution in [1.82, 2.24) is 4.90 Å². The monoisotopic (exact) mass is 412 g/mol. The van der Waals surface area contributed by atoms with Gasteiger partial charge in [0, 0.05) is 18.8 Å². The van der Waals surface area contributed by atoms with Gasteiger partial charge >= 0.3 is 0 Å². The molecule has 0 N–H and O–H groups in total. The first-order valence-electron chi connectivity index (χ1n) is 11.5. The van der Waals surface area contributed by atoms with Crippen molar-refractivity contribution in [1.29, 1.82) is 0 Å². The Morgan fingerprint density at radius 2 is 1.58 bits per heavy atom. The quantitative estimate of drug-likeness (QED) is 0.385. The highest BCUT2D eigenvalue weighted by molar-refractivity contribution is 6.01. The van der Waals surface area contributed by atoms with Gasteiger partial charge in [0.05, 0.1) is 6.42 Å². The van der Waals surface area contributed by atoms with Gasteiger partial charge in [-0.15, -0.1) is 0 Å². The van der Waals surface area contributed by atoms with Gasteiger partial charge < -0.3 is 4.90 Å². The molecule has 0 atom stereocenters. The number of nitrogens with zero attached hydrogens (tertiary/aromatic N) is 2. The molecule has 3 aromatic rings. The Bertz CT molecular complexity index is 984. The number of hydrogen-bond donors (Lipinski definition) is 0. The second-order valence-corrected chi connectivity index (χ2v) is 8.35. The highest BCUT2D eigenvalue weighted by Gasteiger charge is 2.26. The summed E-state index contributed by atoms with van der Waals surface area (Å²) in [7, 11) is 0. The van der Waals surface area contributed by atoms with Crippen molar-refractivity contribution >= 4 is 11.6 Å². The van der Waals surface area contributed by atoms with E-state index in [0.717, 1.165) is 50.3 Å². The van der Waals surface area contributed by atoms with E-state index in [4.69, 9.17) is 0 Å². The van der Waals surface area contributed by atoms with E-state index in [0.29, 0.717) is 6.42 Å². The molecule has 1 amide bonds. The van der Waals surface area contributed by atoms with Crippen molar-refractivity contribution in [3.8, 4) is 11.1 Å². The van der Waals surface area contributed by atoms with Crippen molar-refractivity contribution < 1.29 is 4.79 Å². The van der Waals surface area contributed by atoms with E-state index in [1.165, 1.54) is 23.1 Å². The van der Waals surface area contributed by atoms with Crippen molar-refractivity contribution in [2.45, 2.75) is 39.2 Å². The Hall–Kier alpha value is -2.91. The molecular formula is C28H32N2O. The van der Waals surface area contributed by atoms with Gasteiger partial charge in [-0.25, -0.2) is 0 Å². The van der Waals surface area contributed by atoms with E-state index in [9.17, 15) is 4.79 Å². The summed E-state index contributed by atoms with van der Waals surface area (Å²) >= 11 is 0. The van der Waals surface area contributed by atoms with Crippen molar-refractivity contribution in [2.24, 2.45) is 0 Å². The largest absolute Gasteiger partial charge is 0.312 e. The first kappa shape index (κ1) is 21.3. The second kappa shape index (κ2) is 10.4. The van der Waals surface area contributed by atoms with Crippen molar-refractivity contribution in [3.63, 3.8) is 0 Å². The molecule has 1 aliphatic rings. The number of benzene rings is 3. The summed E-state index contributed by atoms with van der Waals surface area (Å²) in [6.45, 7) is 6.24. The highest BCUT2D eigenvalue weighted by atomic mass is 16.2. The Morgan fingerprint density at radius 3 is 2.32 bits per heavy atom. The minimum absolute atomic E-state index is 0.236. The lowest BCUT2D eigenvalue weighted by atomic mass is 10.0. The molecule has 3 nitrogen and oxygen atoms in total. The molecule has 1 aliphatic heterocycles. The molecule has 3 aromatic carbocycles. The van der Waals surface area contributed by atoms with Gasteiger partial charge in [0.2, 0.25) is 5.91 Å². The van der Waals surface area contributed by atoms with Crippen LogP contribution in [-0.4, -0.2) is 30.4 Å². The molecule has 0 saturated heterocycles. The Labute approximate surface area is 186 Å². The summed E-state index contributed by atoms with van der Waals surface area (Å²) < 4.78 is 0. The molecule has 3 heteroatoms. The van der Waals surface area contributed by atoms with Gasteiger partial charge in [-0.3, -0.25) is 9.69 Å². The highest BCUT2D eigenvalue weighted by Crippen LogP contribution is 2.33. The number of rotatable bonds is 10. The minimum atomic E-state index is 0.236. The molecule has 0 spiro atoms. The minimum Gasteiger partial charge on any atom is -0.312 e. The zero-order chi connectivity index (χ0) is 21.5. The molecule has 4 rings (SSSR count). The average Bonchev–Trinajstić information content (AvgIpc) is 3.13. The van der Waals surface area contributed by atoms with E-state index in [1.54, 1.807) is 0 Å². The lowest BCUT2D eigenvalue weighted by molar-refractivity contribution is -0.117. The van der Waals surface area contributed by atoms with Gasteiger partial charge in [0.15, 0.2) is 0 Å². The van der Waals surface area contributed by atoms with Crippen molar-refractivity contribution in [2.75, 3.05) is 24.5 Å². The molecule has 0 aromatic heterocycles. The molecule has 0 bridgehead atoms. The normalized spacial score (nSPS) is 13.1. The third-order valence-electron chi connectivity index (χ3n) is 6.17. The van der Waals surface area contributed by atoms with Crippen molar-refractivity contribution in [3.05, 3.63) is 90.0 Å². The van der Waals surface area contributed by atoms with E-state index in [1.807, 2.05) is 11.0 Å². The maximum absolute atomic E-state index is 12.6. The molecule has 0 unspecified atom stereocenters. The topological polar surface area (TPSA) is 23.6 Å².